The zero-order valence-corrected chi connectivity index (χ0v) is 7.73. The maximum atomic E-state index is 11.3. The van der Waals surface area contributed by atoms with Crippen LogP contribution in [0.5, 0.6) is 11.5 Å². The first kappa shape index (κ1) is 10.8. The largest absolute Gasteiger partial charge is 0.508 e. The number of phenols is 2. The summed E-state index contributed by atoms with van der Waals surface area (Å²) in [6.45, 7) is -0.296. The monoisotopic (exact) mass is 210 g/mol. The number of hydrogen-bond acceptors (Lipinski definition) is 4. The van der Waals surface area contributed by atoms with E-state index in [9.17, 15) is 9.59 Å². The summed E-state index contributed by atoms with van der Waals surface area (Å²) in [7, 11) is 0. The second-order valence-electron chi connectivity index (χ2n) is 2.89. The Morgan fingerprint density at radius 3 is 2.20 bits per heavy atom. The number of carbonyl (C=O) groups excluding carboxylic acids is 2. The molecule has 5 N–H and O–H groups in total. The van der Waals surface area contributed by atoms with Crippen LogP contribution in [0.1, 0.15) is 10.4 Å². The lowest BCUT2D eigenvalue weighted by Crippen LogP contribution is -2.33. The van der Waals surface area contributed by atoms with E-state index in [2.05, 4.69) is 5.32 Å². The molecule has 0 aliphatic carbocycles. The highest BCUT2D eigenvalue weighted by atomic mass is 16.3. The number of nitrogens with one attached hydrogen (secondary N) is 1. The molecule has 0 aliphatic rings. The molecule has 0 aromatic heterocycles. The predicted octanol–water partition coefficient (Wildman–Crippen LogP) is -0.687. The van der Waals surface area contributed by atoms with Crippen molar-refractivity contribution in [2.24, 2.45) is 5.73 Å². The number of nitrogens with two attached hydrogens (primary N) is 1. The Labute approximate surface area is 85.3 Å². The number of carbonyl (C=O) groups is 2. The molecule has 6 nitrogen and oxygen atoms in total. The van der Waals surface area contributed by atoms with Crippen LogP contribution < -0.4 is 11.1 Å². The summed E-state index contributed by atoms with van der Waals surface area (Å²) >= 11 is 0. The lowest BCUT2D eigenvalue weighted by atomic mass is 10.2. The van der Waals surface area contributed by atoms with E-state index in [4.69, 9.17) is 15.9 Å². The molecule has 0 fully saturated rings. The SMILES string of the molecule is NC(=O)CNC(=O)c1cc(O)cc(O)c1. The van der Waals surface area contributed by atoms with Crippen molar-refractivity contribution >= 4 is 11.8 Å². The molecule has 0 bridgehead atoms. The lowest BCUT2D eigenvalue weighted by Gasteiger charge is -2.03. The van der Waals surface area contributed by atoms with Crippen molar-refractivity contribution in [1.29, 1.82) is 0 Å². The van der Waals surface area contributed by atoms with Crippen LogP contribution in [0.15, 0.2) is 18.2 Å². The van der Waals surface area contributed by atoms with Gasteiger partial charge in [0, 0.05) is 11.6 Å². The van der Waals surface area contributed by atoms with Crippen LogP contribution in [-0.4, -0.2) is 28.6 Å². The summed E-state index contributed by atoms with van der Waals surface area (Å²) in [6.07, 6.45) is 0. The number of hydrogen-bond donors (Lipinski definition) is 4. The molecule has 0 saturated carbocycles. The minimum atomic E-state index is -0.673. The van der Waals surface area contributed by atoms with Crippen LogP contribution in [0.25, 0.3) is 0 Å². The van der Waals surface area contributed by atoms with Gasteiger partial charge < -0.3 is 21.3 Å². The van der Waals surface area contributed by atoms with E-state index in [1.165, 1.54) is 0 Å². The maximum absolute atomic E-state index is 11.3. The van der Waals surface area contributed by atoms with Crippen molar-refractivity contribution in [2.75, 3.05) is 6.54 Å². The van der Waals surface area contributed by atoms with Crippen molar-refractivity contribution in [1.82, 2.24) is 5.32 Å². The molecule has 2 amide bonds. The summed E-state index contributed by atoms with van der Waals surface area (Å²) in [5, 5.41) is 20.4. The quantitative estimate of drug-likeness (QED) is 0.529. The Morgan fingerprint density at radius 1 is 1.20 bits per heavy atom. The molecule has 0 spiro atoms. The first-order valence-corrected chi connectivity index (χ1v) is 4.08. The van der Waals surface area contributed by atoms with Crippen molar-refractivity contribution in [3.8, 4) is 11.5 Å². The van der Waals surface area contributed by atoms with E-state index >= 15 is 0 Å². The van der Waals surface area contributed by atoms with Gasteiger partial charge in [-0.3, -0.25) is 9.59 Å². The standard InChI is InChI=1S/C9H10N2O4/c10-8(14)4-11-9(15)5-1-6(12)3-7(13)2-5/h1-3,12-13H,4H2,(H2,10,14)(H,11,15). The summed E-state index contributed by atoms with van der Waals surface area (Å²) in [5.41, 5.74) is 4.88. The third-order valence-corrected chi connectivity index (χ3v) is 1.59. The molecule has 0 heterocycles. The van der Waals surface area contributed by atoms with E-state index in [1.54, 1.807) is 0 Å². The smallest absolute Gasteiger partial charge is 0.251 e. The topological polar surface area (TPSA) is 113 Å². The molecule has 1 aromatic carbocycles. The molecule has 1 rings (SSSR count). The minimum Gasteiger partial charge on any atom is -0.508 e. The number of benzene rings is 1. The molecular weight excluding hydrogens is 200 g/mol. The highest BCUT2D eigenvalue weighted by Crippen LogP contribution is 2.19. The molecule has 80 valence electrons. The summed E-state index contributed by atoms with van der Waals surface area (Å²) in [6, 6.07) is 3.41. The molecule has 0 radical (unpaired) electrons. The van der Waals surface area contributed by atoms with Gasteiger partial charge in [-0.15, -0.1) is 0 Å². The van der Waals surface area contributed by atoms with Crippen LogP contribution in [0, 0.1) is 0 Å². The summed E-state index contributed by atoms with van der Waals surface area (Å²) < 4.78 is 0. The highest BCUT2D eigenvalue weighted by Gasteiger charge is 2.08. The first-order valence-electron chi connectivity index (χ1n) is 4.08. The second-order valence-corrected chi connectivity index (χ2v) is 2.89. The molecule has 0 atom stereocenters. The van der Waals surface area contributed by atoms with Gasteiger partial charge in [0.05, 0.1) is 6.54 Å². The molecule has 0 unspecified atom stereocenters. The second kappa shape index (κ2) is 4.32. The average Bonchev–Trinajstić information content (AvgIpc) is 2.12. The fourth-order valence-corrected chi connectivity index (χ4v) is 0.996. The number of primary amides is 1. The molecular formula is C9H10N2O4. The normalized spacial score (nSPS) is 9.60. The first-order chi connectivity index (χ1) is 6.99. The van der Waals surface area contributed by atoms with Crippen molar-refractivity contribution < 1.29 is 19.8 Å². The van der Waals surface area contributed by atoms with Gasteiger partial charge in [0.1, 0.15) is 11.5 Å². The van der Waals surface area contributed by atoms with Gasteiger partial charge >= 0.3 is 0 Å². The van der Waals surface area contributed by atoms with Gasteiger partial charge in [0.2, 0.25) is 5.91 Å². The lowest BCUT2D eigenvalue weighted by molar-refractivity contribution is -0.117. The van der Waals surface area contributed by atoms with Crippen LogP contribution in [0.4, 0.5) is 0 Å². The van der Waals surface area contributed by atoms with Gasteiger partial charge in [0.15, 0.2) is 0 Å². The van der Waals surface area contributed by atoms with E-state index in [-0.39, 0.29) is 23.6 Å². The number of aromatic hydroxyl groups is 2. The fraction of sp³-hybridized carbons (Fsp3) is 0.111. The van der Waals surface area contributed by atoms with Crippen LogP contribution >= 0.6 is 0 Å². The Balaban J connectivity index is 2.77. The third-order valence-electron chi connectivity index (χ3n) is 1.59. The number of phenolic OH excluding ortho intramolecular Hbond substituents is 2. The zero-order valence-electron chi connectivity index (χ0n) is 7.73. The molecule has 15 heavy (non-hydrogen) atoms. The van der Waals surface area contributed by atoms with Crippen LogP contribution in [-0.2, 0) is 4.79 Å². The van der Waals surface area contributed by atoms with Crippen molar-refractivity contribution in [3.63, 3.8) is 0 Å². The number of amides is 2. The van der Waals surface area contributed by atoms with E-state index in [0.29, 0.717) is 0 Å². The highest BCUT2D eigenvalue weighted by molar-refractivity contribution is 5.96. The summed E-state index contributed by atoms with van der Waals surface area (Å²) in [4.78, 5) is 21.7. The molecule has 0 saturated heterocycles. The van der Waals surface area contributed by atoms with Crippen molar-refractivity contribution in [3.05, 3.63) is 23.8 Å². The molecule has 6 heteroatoms. The van der Waals surface area contributed by atoms with Gasteiger partial charge in [0.25, 0.3) is 5.91 Å². The number of rotatable bonds is 3. The molecule has 0 aliphatic heterocycles. The fourth-order valence-electron chi connectivity index (χ4n) is 0.996. The Kier molecular flexibility index (Phi) is 3.12. The average molecular weight is 210 g/mol. The van der Waals surface area contributed by atoms with E-state index in [1.807, 2.05) is 0 Å². The summed E-state index contributed by atoms with van der Waals surface area (Å²) in [5.74, 6) is -1.74. The van der Waals surface area contributed by atoms with E-state index < -0.39 is 11.8 Å². The predicted molar refractivity (Wildman–Crippen MR) is 51.3 cm³/mol. The Morgan fingerprint density at radius 2 is 1.73 bits per heavy atom. The van der Waals surface area contributed by atoms with Gasteiger partial charge in [-0.05, 0) is 12.1 Å². The zero-order chi connectivity index (χ0) is 11.4. The van der Waals surface area contributed by atoms with Gasteiger partial charge in [-0.1, -0.05) is 0 Å². The maximum Gasteiger partial charge on any atom is 0.251 e. The third kappa shape index (κ3) is 3.18. The van der Waals surface area contributed by atoms with E-state index in [0.717, 1.165) is 18.2 Å². The Bertz CT molecular complexity index is 383. The van der Waals surface area contributed by atoms with Crippen LogP contribution in [0.2, 0.25) is 0 Å². The van der Waals surface area contributed by atoms with Gasteiger partial charge in [-0.2, -0.15) is 0 Å². The minimum absolute atomic E-state index is 0.0498. The molecule has 1 aromatic rings. The van der Waals surface area contributed by atoms with Gasteiger partial charge in [-0.25, -0.2) is 0 Å². The van der Waals surface area contributed by atoms with Crippen LogP contribution in [0.3, 0.4) is 0 Å². The van der Waals surface area contributed by atoms with Crippen molar-refractivity contribution in [2.45, 2.75) is 0 Å². The Hall–Kier alpha value is -2.24.